The molecule has 0 bridgehead atoms. The molecule has 0 saturated heterocycles. The fraction of sp³-hybridized carbons (Fsp3) is 0.190. The summed E-state index contributed by atoms with van der Waals surface area (Å²) in [6, 6.07) is 12.9. The lowest BCUT2D eigenvalue weighted by molar-refractivity contribution is -0.146. The van der Waals surface area contributed by atoms with Crippen LogP contribution in [0, 0.1) is 0 Å². The summed E-state index contributed by atoms with van der Waals surface area (Å²) in [5, 5.41) is 9.77. The quantitative estimate of drug-likeness (QED) is 0.570. The van der Waals surface area contributed by atoms with Crippen molar-refractivity contribution in [3.05, 3.63) is 70.1 Å². The van der Waals surface area contributed by atoms with E-state index in [-0.39, 0.29) is 18.6 Å². The zero-order chi connectivity index (χ0) is 21.5. The number of aromatic nitrogens is 2. The first-order chi connectivity index (χ1) is 14.5. The minimum atomic E-state index is -0.660. The highest BCUT2D eigenvalue weighted by atomic mass is 16.5. The minimum Gasteiger partial charge on any atom is -0.462 e. The van der Waals surface area contributed by atoms with E-state index >= 15 is 0 Å². The monoisotopic (exact) mass is 409 g/mol. The molecule has 3 rings (SSSR count). The number of H-pyrrole nitrogens is 1. The minimum absolute atomic E-state index is 0.196. The molecule has 1 aromatic heterocycles. The number of carbonyl (C=O) groups is 3. The molecule has 30 heavy (non-hydrogen) atoms. The van der Waals surface area contributed by atoms with Crippen molar-refractivity contribution < 1.29 is 23.9 Å². The Kier molecular flexibility index (Phi) is 6.53. The van der Waals surface area contributed by atoms with Crippen LogP contribution in [0.5, 0.6) is 0 Å². The molecule has 3 aromatic rings. The Morgan fingerprint density at radius 3 is 2.40 bits per heavy atom. The number of ether oxygens (including phenoxy) is 2. The maximum Gasteiger partial charge on any atom is 0.338 e. The molecule has 2 aromatic carbocycles. The van der Waals surface area contributed by atoms with Gasteiger partial charge in [0.05, 0.1) is 29.7 Å². The van der Waals surface area contributed by atoms with Gasteiger partial charge in [-0.3, -0.25) is 14.4 Å². The second kappa shape index (κ2) is 9.46. The molecule has 154 valence electrons. The normalized spacial score (nSPS) is 10.4. The Balaban J connectivity index is 1.54. The third-order valence-corrected chi connectivity index (χ3v) is 4.13. The van der Waals surface area contributed by atoms with Crippen LogP contribution < -0.4 is 10.9 Å². The van der Waals surface area contributed by atoms with Gasteiger partial charge in [0.2, 0.25) is 0 Å². The molecule has 0 saturated carbocycles. The van der Waals surface area contributed by atoms with Crippen LogP contribution in [-0.2, 0) is 25.5 Å². The predicted molar refractivity (Wildman–Crippen MR) is 108 cm³/mol. The van der Waals surface area contributed by atoms with E-state index in [1.165, 1.54) is 12.1 Å². The molecule has 9 heteroatoms. The maximum atomic E-state index is 12.1. The molecule has 0 radical (unpaired) electrons. The summed E-state index contributed by atoms with van der Waals surface area (Å²) in [5.74, 6) is -1.65. The van der Waals surface area contributed by atoms with Gasteiger partial charge in [-0.25, -0.2) is 9.89 Å². The van der Waals surface area contributed by atoms with Crippen LogP contribution in [0.15, 0.2) is 53.3 Å². The van der Waals surface area contributed by atoms with E-state index in [4.69, 9.17) is 9.47 Å². The lowest BCUT2D eigenvalue weighted by Gasteiger charge is -2.08. The van der Waals surface area contributed by atoms with Crippen molar-refractivity contribution in [2.45, 2.75) is 13.3 Å². The van der Waals surface area contributed by atoms with Crippen LogP contribution >= 0.6 is 0 Å². The number of anilines is 1. The molecule has 0 aliphatic carbocycles. The van der Waals surface area contributed by atoms with Crippen LogP contribution in [0.4, 0.5) is 5.69 Å². The molecule has 0 aliphatic rings. The standard InChI is InChI=1S/C21H19N3O6/c1-2-29-21(28)13-7-9-14(10-8-13)22-18(25)12-30-19(26)11-17-15-5-3-4-6-16(15)20(27)24-23-17/h3-10H,2,11-12H2,1H3,(H,22,25)(H,24,27). The summed E-state index contributed by atoms with van der Waals surface area (Å²) in [5.41, 5.74) is 0.806. The smallest absolute Gasteiger partial charge is 0.338 e. The number of carbonyl (C=O) groups excluding carboxylic acids is 3. The van der Waals surface area contributed by atoms with E-state index in [1.807, 2.05) is 0 Å². The molecular weight excluding hydrogens is 390 g/mol. The number of fused-ring (bicyclic) bond motifs is 1. The van der Waals surface area contributed by atoms with E-state index in [0.717, 1.165) is 0 Å². The molecule has 1 amide bonds. The average Bonchev–Trinajstić information content (AvgIpc) is 2.75. The van der Waals surface area contributed by atoms with Gasteiger partial charge in [0, 0.05) is 11.1 Å². The van der Waals surface area contributed by atoms with Crippen molar-refractivity contribution in [2.24, 2.45) is 0 Å². The van der Waals surface area contributed by atoms with Crippen LogP contribution in [-0.4, -0.2) is 41.3 Å². The summed E-state index contributed by atoms with van der Waals surface area (Å²) in [7, 11) is 0. The van der Waals surface area contributed by atoms with Crippen LogP contribution in [0.25, 0.3) is 10.8 Å². The number of hydrogen-bond acceptors (Lipinski definition) is 7. The van der Waals surface area contributed by atoms with Gasteiger partial charge in [0.1, 0.15) is 0 Å². The SMILES string of the molecule is CCOC(=O)c1ccc(NC(=O)COC(=O)Cc2n[nH]c(=O)c3ccccc23)cc1. The highest BCUT2D eigenvalue weighted by Gasteiger charge is 2.14. The number of amides is 1. The van der Waals surface area contributed by atoms with Gasteiger partial charge in [0.15, 0.2) is 6.61 Å². The molecule has 1 heterocycles. The lowest BCUT2D eigenvalue weighted by Crippen LogP contribution is -2.22. The van der Waals surface area contributed by atoms with Gasteiger partial charge in [-0.15, -0.1) is 0 Å². The van der Waals surface area contributed by atoms with Gasteiger partial charge in [0.25, 0.3) is 11.5 Å². The zero-order valence-corrected chi connectivity index (χ0v) is 16.1. The van der Waals surface area contributed by atoms with Gasteiger partial charge >= 0.3 is 11.9 Å². The molecule has 0 aliphatic heterocycles. The number of hydrogen-bond donors (Lipinski definition) is 2. The van der Waals surface area contributed by atoms with Crippen molar-refractivity contribution in [2.75, 3.05) is 18.5 Å². The van der Waals surface area contributed by atoms with E-state index in [0.29, 0.717) is 27.7 Å². The molecule has 0 spiro atoms. The topological polar surface area (TPSA) is 127 Å². The summed E-state index contributed by atoms with van der Waals surface area (Å²) in [6.45, 7) is 1.50. The van der Waals surface area contributed by atoms with Crippen LogP contribution in [0.2, 0.25) is 0 Å². The second-order valence-corrected chi connectivity index (χ2v) is 6.23. The number of esters is 2. The van der Waals surface area contributed by atoms with E-state index in [2.05, 4.69) is 15.5 Å². The number of rotatable bonds is 7. The molecule has 0 fully saturated rings. The van der Waals surface area contributed by atoms with Crippen molar-refractivity contribution in [1.82, 2.24) is 10.2 Å². The average molecular weight is 409 g/mol. The van der Waals surface area contributed by atoms with Crippen molar-refractivity contribution in [3.63, 3.8) is 0 Å². The first-order valence-corrected chi connectivity index (χ1v) is 9.17. The third-order valence-electron chi connectivity index (χ3n) is 4.13. The highest BCUT2D eigenvalue weighted by Crippen LogP contribution is 2.13. The third kappa shape index (κ3) is 5.07. The van der Waals surface area contributed by atoms with Crippen LogP contribution in [0.3, 0.4) is 0 Å². The number of benzene rings is 2. The molecule has 0 atom stereocenters. The largest absolute Gasteiger partial charge is 0.462 e. The number of nitrogens with zero attached hydrogens (tertiary/aromatic N) is 1. The summed E-state index contributed by atoms with van der Waals surface area (Å²) in [6.07, 6.45) is -0.196. The van der Waals surface area contributed by atoms with Crippen molar-refractivity contribution >= 4 is 34.3 Å². The Morgan fingerprint density at radius 2 is 1.70 bits per heavy atom. The molecular formula is C21H19N3O6. The molecule has 2 N–H and O–H groups in total. The molecule has 0 unspecified atom stereocenters. The Hall–Kier alpha value is -4.01. The first-order valence-electron chi connectivity index (χ1n) is 9.17. The summed E-state index contributed by atoms with van der Waals surface area (Å²) >= 11 is 0. The van der Waals surface area contributed by atoms with Gasteiger partial charge < -0.3 is 14.8 Å². The summed E-state index contributed by atoms with van der Waals surface area (Å²) in [4.78, 5) is 47.5. The maximum absolute atomic E-state index is 12.1. The van der Waals surface area contributed by atoms with Crippen molar-refractivity contribution in [3.8, 4) is 0 Å². The van der Waals surface area contributed by atoms with Gasteiger partial charge in [-0.05, 0) is 37.3 Å². The lowest BCUT2D eigenvalue weighted by atomic mass is 10.1. The fourth-order valence-electron chi connectivity index (χ4n) is 2.74. The van der Waals surface area contributed by atoms with E-state index in [1.54, 1.807) is 43.3 Å². The predicted octanol–water partition coefficient (Wildman–Crippen LogP) is 1.82. The first kappa shape index (κ1) is 20.7. The molecule has 9 nitrogen and oxygen atoms in total. The highest BCUT2D eigenvalue weighted by molar-refractivity contribution is 5.94. The van der Waals surface area contributed by atoms with Gasteiger partial charge in [-0.2, -0.15) is 5.10 Å². The Labute approximate surface area is 171 Å². The second-order valence-electron chi connectivity index (χ2n) is 6.23. The number of nitrogens with one attached hydrogen (secondary N) is 2. The van der Waals surface area contributed by atoms with E-state index in [9.17, 15) is 19.2 Å². The Bertz CT molecular complexity index is 1140. The van der Waals surface area contributed by atoms with Crippen molar-refractivity contribution in [1.29, 1.82) is 0 Å². The zero-order valence-electron chi connectivity index (χ0n) is 16.1. The van der Waals surface area contributed by atoms with E-state index < -0.39 is 24.5 Å². The van der Waals surface area contributed by atoms with Crippen LogP contribution in [0.1, 0.15) is 23.0 Å². The fourth-order valence-corrected chi connectivity index (χ4v) is 2.74. The Morgan fingerprint density at radius 1 is 1.00 bits per heavy atom. The van der Waals surface area contributed by atoms with Gasteiger partial charge in [-0.1, -0.05) is 18.2 Å². The number of aromatic amines is 1. The summed E-state index contributed by atoms with van der Waals surface area (Å²) < 4.78 is 9.88.